The van der Waals surface area contributed by atoms with Crippen LogP contribution >= 0.6 is 11.6 Å². The third-order valence-electron chi connectivity index (χ3n) is 1.56. The van der Waals surface area contributed by atoms with Crippen molar-refractivity contribution in [2.45, 2.75) is 6.92 Å². The molecule has 0 heterocycles. The van der Waals surface area contributed by atoms with E-state index >= 15 is 0 Å². The van der Waals surface area contributed by atoms with Gasteiger partial charge >= 0.3 is 0 Å². The zero-order valence-electron chi connectivity index (χ0n) is 7.10. The first-order chi connectivity index (χ1) is 5.74. The number of rotatable bonds is 3. The fourth-order valence-electron chi connectivity index (χ4n) is 0.946. The van der Waals surface area contributed by atoms with Gasteiger partial charge in [-0.05, 0) is 24.6 Å². The second-order valence-corrected chi connectivity index (χ2v) is 3.06. The molecule has 0 bridgehead atoms. The summed E-state index contributed by atoms with van der Waals surface area (Å²) in [4.78, 5) is 0. The van der Waals surface area contributed by atoms with E-state index < -0.39 is 0 Å². The molecule has 64 valence electrons. The van der Waals surface area contributed by atoms with Crippen LogP contribution in [0.3, 0.4) is 0 Å². The predicted molar refractivity (Wildman–Crippen MR) is 54.9 cm³/mol. The maximum Gasteiger partial charge on any atom is 0.0640 e. The smallest absolute Gasteiger partial charge is 0.0640 e. The van der Waals surface area contributed by atoms with Crippen molar-refractivity contribution in [3.8, 4) is 0 Å². The van der Waals surface area contributed by atoms with Gasteiger partial charge in [0.1, 0.15) is 0 Å². The van der Waals surface area contributed by atoms with Crippen LogP contribution in [0.4, 0.5) is 5.69 Å². The minimum atomic E-state index is 0.739. The molecule has 0 aromatic heterocycles. The van der Waals surface area contributed by atoms with Crippen LogP contribution in [0.5, 0.6) is 0 Å². The Morgan fingerprint density at radius 3 is 2.92 bits per heavy atom. The lowest BCUT2D eigenvalue weighted by molar-refractivity contribution is 1.33. The van der Waals surface area contributed by atoms with Gasteiger partial charge in [-0.2, -0.15) is 0 Å². The highest BCUT2D eigenvalue weighted by molar-refractivity contribution is 6.33. The zero-order chi connectivity index (χ0) is 8.97. The third-order valence-corrected chi connectivity index (χ3v) is 1.87. The first-order valence-electron chi connectivity index (χ1n) is 3.85. The molecule has 12 heavy (non-hydrogen) atoms. The van der Waals surface area contributed by atoms with Crippen molar-refractivity contribution in [1.29, 1.82) is 0 Å². The van der Waals surface area contributed by atoms with E-state index in [1.165, 1.54) is 5.56 Å². The average molecular weight is 182 g/mol. The SMILES string of the molecule is C=CCNc1ccc(C)cc1Cl. The second-order valence-electron chi connectivity index (χ2n) is 2.65. The summed E-state index contributed by atoms with van der Waals surface area (Å²) in [7, 11) is 0. The molecule has 0 saturated heterocycles. The van der Waals surface area contributed by atoms with Gasteiger partial charge in [0.05, 0.1) is 10.7 Å². The van der Waals surface area contributed by atoms with E-state index in [1.54, 1.807) is 6.08 Å². The van der Waals surface area contributed by atoms with E-state index in [0.717, 1.165) is 17.3 Å². The number of benzene rings is 1. The molecule has 0 radical (unpaired) electrons. The molecular formula is C10H12ClN. The minimum absolute atomic E-state index is 0.739. The molecular weight excluding hydrogens is 170 g/mol. The number of hydrogen-bond donors (Lipinski definition) is 1. The summed E-state index contributed by atoms with van der Waals surface area (Å²) < 4.78 is 0. The molecule has 1 N–H and O–H groups in total. The fraction of sp³-hybridized carbons (Fsp3) is 0.200. The van der Waals surface area contributed by atoms with Gasteiger partial charge in [0.2, 0.25) is 0 Å². The van der Waals surface area contributed by atoms with Crippen molar-refractivity contribution in [2.24, 2.45) is 0 Å². The summed E-state index contributed by atoms with van der Waals surface area (Å²) in [6, 6.07) is 5.94. The van der Waals surface area contributed by atoms with Crippen LogP contribution in [-0.4, -0.2) is 6.54 Å². The van der Waals surface area contributed by atoms with Gasteiger partial charge in [-0.1, -0.05) is 23.7 Å². The molecule has 1 aromatic carbocycles. The van der Waals surface area contributed by atoms with Crippen molar-refractivity contribution in [3.63, 3.8) is 0 Å². The molecule has 0 unspecified atom stereocenters. The molecule has 1 aromatic rings. The summed E-state index contributed by atoms with van der Waals surface area (Å²) in [6.07, 6.45) is 1.80. The Labute approximate surface area is 78.1 Å². The molecule has 2 heteroatoms. The van der Waals surface area contributed by atoms with Crippen molar-refractivity contribution in [2.75, 3.05) is 11.9 Å². The first kappa shape index (κ1) is 9.14. The maximum atomic E-state index is 5.97. The highest BCUT2D eigenvalue weighted by atomic mass is 35.5. The summed E-state index contributed by atoms with van der Waals surface area (Å²) in [5.41, 5.74) is 2.13. The summed E-state index contributed by atoms with van der Waals surface area (Å²) in [6.45, 7) is 6.37. The molecule has 0 fully saturated rings. The molecule has 0 aliphatic carbocycles. The van der Waals surface area contributed by atoms with Gasteiger partial charge in [0.25, 0.3) is 0 Å². The minimum Gasteiger partial charge on any atom is -0.380 e. The average Bonchev–Trinajstić information content (AvgIpc) is 2.03. The molecule has 0 spiro atoms. The van der Waals surface area contributed by atoms with E-state index in [1.807, 2.05) is 25.1 Å². The molecule has 0 amide bonds. The van der Waals surface area contributed by atoms with Gasteiger partial charge in [-0.25, -0.2) is 0 Å². The number of hydrogen-bond acceptors (Lipinski definition) is 1. The molecule has 1 rings (SSSR count). The van der Waals surface area contributed by atoms with Crippen molar-refractivity contribution >= 4 is 17.3 Å². The normalized spacial score (nSPS) is 9.50. The van der Waals surface area contributed by atoms with Crippen molar-refractivity contribution < 1.29 is 0 Å². The number of nitrogens with one attached hydrogen (secondary N) is 1. The van der Waals surface area contributed by atoms with Crippen LogP contribution in [0, 0.1) is 6.92 Å². The lowest BCUT2D eigenvalue weighted by Gasteiger charge is -2.05. The Balaban J connectivity index is 2.78. The van der Waals surface area contributed by atoms with E-state index in [2.05, 4.69) is 11.9 Å². The van der Waals surface area contributed by atoms with Crippen LogP contribution in [0.15, 0.2) is 30.9 Å². The van der Waals surface area contributed by atoms with Crippen LogP contribution in [0.1, 0.15) is 5.56 Å². The Bertz CT molecular complexity index is 281. The number of aryl methyl sites for hydroxylation is 1. The lowest BCUT2D eigenvalue weighted by atomic mass is 10.2. The molecule has 0 saturated carbocycles. The Kier molecular flexibility index (Phi) is 3.18. The van der Waals surface area contributed by atoms with Gasteiger partial charge in [0.15, 0.2) is 0 Å². The van der Waals surface area contributed by atoms with E-state index in [0.29, 0.717) is 0 Å². The molecule has 0 atom stereocenters. The van der Waals surface area contributed by atoms with E-state index in [-0.39, 0.29) is 0 Å². The van der Waals surface area contributed by atoms with E-state index in [9.17, 15) is 0 Å². The monoisotopic (exact) mass is 181 g/mol. The van der Waals surface area contributed by atoms with E-state index in [4.69, 9.17) is 11.6 Å². The summed E-state index contributed by atoms with van der Waals surface area (Å²) in [5.74, 6) is 0. The lowest BCUT2D eigenvalue weighted by Crippen LogP contribution is -1.97. The predicted octanol–water partition coefficient (Wildman–Crippen LogP) is 3.25. The third kappa shape index (κ3) is 2.28. The fourth-order valence-corrected chi connectivity index (χ4v) is 1.25. The van der Waals surface area contributed by atoms with Crippen molar-refractivity contribution in [3.05, 3.63) is 41.4 Å². The topological polar surface area (TPSA) is 12.0 Å². The Morgan fingerprint density at radius 1 is 1.58 bits per heavy atom. The van der Waals surface area contributed by atoms with Crippen molar-refractivity contribution in [1.82, 2.24) is 0 Å². The first-order valence-corrected chi connectivity index (χ1v) is 4.23. The van der Waals surface area contributed by atoms with Gasteiger partial charge < -0.3 is 5.32 Å². The highest BCUT2D eigenvalue weighted by Gasteiger charge is 1.96. The molecule has 1 nitrogen and oxygen atoms in total. The molecule has 0 aliphatic heterocycles. The quantitative estimate of drug-likeness (QED) is 0.706. The van der Waals surface area contributed by atoms with Gasteiger partial charge in [-0.3, -0.25) is 0 Å². The van der Waals surface area contributed by atoms with Crippen LogP contribution in [0.25, 0.3) is 0 Å². The van der Waals surface area contributed by atoms with Crippen LogP contribution < -0.4 is 5.32 Å². The maximum absolute atomic E-state index is 5.97. The van der Waals surface area contributed by atoms with Gasteiger partial charge in [0, 0.05) is 6.54 Å². The Morgan fingerprint density at radius 2 is 2.33 bits per heavy atom. The number of anilines is 1. The Hall–Kier alpha value is -0.950. The summed E-state index contributed by atoms with van der Waals surface area (Å²) >= 11 is 5.97. The zero-order valence-corrected chi connectivity index (χ0v) is 7.86. The van der Waals surface area contributed by atoms with Crippen LogP contribution in [0.2, 0.25) is 5.02 Å². The van der Waals surface area contributed by atoms with Gasteiger partial charge in [-0.15, -0.1) is 6.58 Å². The highest BCUT2D eigenvalue weighted by Crippen LogP contribution is 2.22. The molecule has 0 aliphatic rings. The summed E-state index contributed by atoms with van der Waals surface area (Å²) in [5, 5.41) is 3.90. The largest absolute Gasteiger partial charge is 0.380 e. The standard InChI is InChI=1S/C10H12ClN/c1-3-6-12-10-5-4-8(2)7-9(10)11/h3-5,7,12H,1,6H2,2H3. The second kappa shape index (κ2) is 4.17. The van der Waals surface area contributed by atoms with Crippen LogP contribution in [-0.2, 0) is 0 Å². The number of halogens is 1.